The molecule has 1 aromatic carbocycles. The lowest BCUT2D eigenvalue weighted by atomic mass is 10.1. The van der Waals surface area contributed by atoms with Crippen LogP contribution in [0.3, 0.4) is 0 Å². The first kappa shape index (κ1) is 16.1. The Morgan fingerprint density at radius 1 is 1.29 bits per heavy atom. The van der Waals surface area contributed by atoms with Gasteiger partial charge in [-0.25, -0.2) is 13.1 Å². The van der Waals surface area contributed by atoms with Crippen molar-refractivity contribution in [3.63, 3.8) is 0 Å². The molecular formula is C14H22N2O4S. The Morgan fingerprint density at radius 3 is 2.67 bits per heavy atom. The quantitative estimate of drug-likeness (QED) is 0.784. The maximum absolute atomic E-state index is 12.3. The molecule has 2 rings (SSSR count). The van der Waals surface area contributed by atoms with E-state index in [4.69, 9.17) is 9.47 Å². The molecule has 0 spiro atoms. The average molecular weight is 314 g/mol. The van der Waals surface area contributed by atoms with Crippen LogP contribution >= 0.6 is 0 Å². The highest BCUT2D eigenvalue weighted by atomic mass is 32.2. The van der Waals surface area contributed by atoms with Gasteiger partial charge in [0.1, 0.15) is 0 Å². The number of nitrogens with one attached hydrogen (secondary N) is 2. The molecule has 1 saturated heterocycles. The predicted molar refractivity (Wildman–Crippen MR) is 80.3 cm³/mol. The molecule has 1 aliphatic heterocycles. The number of sulfonamides is 1. The van der Waals surface area contributed by atoms with Crippen LogP contribution in [0.15, 0.2) is 23.1 Å². The fraction of sp³-hybridized carbons (Fsp3) is 0.571. The number of hydrogen-bond acceptors (Lipinski definition) is 5. The second-order valence-electron chi connectivity index (χ2n) is 5.06. The van der Waals surface area contributed by atoms with Crippen molar-refractivity contribution in [3.05, 3.63) is 18.2 Å². The van der Waals surface area contributed by atoms with E-state index in [0.29, 0.717) is 24.0 Å². The first-order valence-electron chi connectivity index (χ1n) is 6.99. The smallest absolute Gasteiger partial charge is 0.240 e. The molecule has 1 heterocycles. The average Bonchev–Trinajstić information content (AvgIpc) is 2.99. The van der Waals surface area contributed by atoms with Gasteiger partial charge in [0, 0.05) is 12.6 Å². The van der Waals surface area contributed by atoms with E-state index in [1.165, 1.54) is 26.4 Å². The summed E-state index contributed by atoms with van der Waals surface area (Å²) in [5.41, 5.74) is 0. The third-order valence-electron chi connectivity index (χ3n) is 3.67. The van der Waals surface area contributed by atoms with Gasteiger partial charge in [-0.3, -0.25) is 0 Å². The third kappa shape index (κ3) is 4.09. The molecule has 2 N–H and O–H groups in total. The van der Waals surface area contributed by atoms with Gasteiger partial charge in [-0.05, 0) is 44.0 Å². The molecule has 0 saturated carbocycles. The molecule has 1 unspecified atom stereocenters. The van der Waals surface area contributed by atoms with Crippen LogP contribution in [0.1, 0.15) is 12.8 Å². The first-order valence-corrected chi connectivity index (χ1v) is 8.47. The van der Waals surface area contributed by atoms with E-state index in [9.17, 15) is 8.42 Å². The molecule has 1 aliphatic rings. The molecule has 0 amide bonds. The Balaban J connectivity index is 2.01. The van der Waals surface area contributed by atoms with E-state index in [0.717, 1.165) is 25.9 Å². The third-order valence-corrected chi connectivity index (χ3v) is 5.13. The lowest BCUT2D eigenvalue weighted by Crippen LogP contribution is -2.26. The molecule has 0 aromatic heterocycles. The van der Waals surface area contributed by atoms with Crippen LogP contribution in [-0.2, 0) is 10.0 Å². The molecule has 118 valence electrons. The molecule has 1 atom stereocenters. The number of hydrogen-bond donors (Lipinski definition) is 2. The van der Waals surface area contributed by atoms with Gasteiger partial charge in [-0.1, -0.05) is 0 Å². The lowest BCUT2D eigenvalue weighted by Gasteiger charge is -2.12. The van der Waals surface area contributed by atoms with Crippen molar-refractivity contribution < 1.29 is 17.9 Å². The largest absolute Gasteiger partial charge is 0.493 e. The second kappa shape index (κ2) is 7.11. The summed E-state index contributed by atoms with van der Waals surface area (Å²) in [5.74, 6) is 1.46. The topological polar surface area (TPSA) is 76.7 Å². The molecule has 7 heteroatoms. The minimum absolute atomic E-state index is 0.185. The summed E-state index contributed by atoms with van der Waals surface area (Å²) >= 11 is 0. The van der Waals surface area contributed by atoms with E-state index in [1.807, 2.05) is 0 Å². The monoisotopic (exact) mass is 314 g/mol. The SMILES string of the molecule is COc1ccc(S(=O)(=O)NCCC2CCNC2)cc1OC. The Bertz CT molecular complexity index is 568. The molecule has 1 aromatic rings. The normalized spacial score (nSPS) is 18.7. The van der Waals surface area contributed by atoms with Crippen molar-refractivity contribution >= 4 is 10.0 Å². The molecule has 21 heavy (non-hydrogen) atoms. The van der Waals surface area contributed by atoms with Crippen molar-refractivity contribution in [1.29, 1.82) is 0 Å². The van der Waals surface area contributed by atoms with Crippen LogP contribution in [0.5, 0.6) is 11.5 Å². The van der Waals surface area contributed by atoms with Crippen molar-refractivity contribution in [2.75, 3.05) is 33.9 Å². The van der Waals surface area contributed by atoms with Crippen LogP contribution in [0.25, 0.3) is 0 Å². The van der Waals surface area contributed by atoms with Crippen LogP contribution < -0.4 is 19.5 Å². The van der Waals surface area contributed by atoms with Gasteiger partial charge in [0.25, 0.3) is 0 Å². The zero-order valence-electron chi connectivity index (χ0n) is 12.4. The molecule has 0 radical (unpaired) electrons. The van der Waals surface area contributed by atoms with E-state index in [2.05, 4.69) is 10.0 Å². The van der Waals surface area contributed by atoms with Crippen LogP contribution in [-0.4, -0.2) is 42.3 Å². The van der Waals surface area contributed by atoms with Gasteiger partial charge in [-0.15, -0.1) is 0 Å². The zero-order valence-corrected chi connectivity index (χ0v) is 13.2. The Morgan fingerprint density at radius 2 is 2.05 bits per heavy atom. The van der Waals surface area contributed by atoms with Crippen molar-refractivity contribution in [3.8, 4) is 11.5 Å². The molecule has 1 fully saturated rings. The Labute approximate surface area is 125 Å². The van der Waals surface area contributed by atoms with Gasteiger partial charge >= 0.3 is 0 Å². The number of rotatable bonds is 7. The van der Waals surface area contributed by atoms with Gasteiger partial charge < -0.3 is 14.8 Å². The van der Waals surface area contributed by atoms with E-state index in [1.54, 1.807) is 6.07 Å². The van der Waals surface area contributed by atoms with E-state index >= 15 is 0 Å². The van der Waals surface area contributed by atoms with Crippen molar-refractivity contribution in [1.82, 2.24) is 10.0 Å². The predicted octanol–water partition coefficient (Wildman–Crippen LogP) is 0.982. The van der Waals surface area contributed by atoms with E-state index in [-0.39, 0.29) is 4.90 Å². The minimum atomic E-state index is -3.52. The zero-order chi connectivity index (χ0) is 15.3. The highest BCUT2D eigenvalue weighted by molar-refractivity contribution is 7.89. The van der Waals surface area contributed by atoms with E-state index < -0.39 is 10.0 Å². The molecule has 0 bridgehead atoms. The van der Waals surface area contributed by atoms with Crippen LogP contribution in [0, 0.1) is 5.92 Å². The standard InChI is InChI=1S/C14H22N2O4S/c1-19-13-4-3-12(9-14(13)20-2)21(17,18)16-8-6-11-5-7-15-10-11/h3-4,9,11,15-16H,5-8,10H2,1-2H3. The van der Waals surface area contributed by atoms with Crippen LogP contribution in [0.4, 0.5) is 0 Å². The summed E-state index contributed by atoms with van der Waals surface area (Å²) in [6, 6.07) is 4.58. The summed E-state index contributed by atoms with van der Waals surface area (Å²) < 4.78 is 37.4. The highest BCUT2D eigenvalue weighted by Gasteiger charge is 2.19. The summed E-state index contributed by atoms with van der Waals surface area (Å²) in [6.07, 6.45) is 1.96. The van der Waals surface area contributed by atoms with Crippen molar-refractivity contribution in [2.24, 2.45) is 5.92 Å². The fourth-order valence-electron chi connectivity index (χ4n) is 2.43. The fourth-order valence-corrected chi connectivity index (χ4v) is 3.49. The second-order valence-corrected chi connectivity index (χ2v) is 6.83. The molecular weight excluding hydrogens is 292 g/mol. The summed E-state index contributed by atoms with van der Waals surface area (Å²) in [7, 11) is -0.521. The maximum Gasteiger partial charge on any atom is 0.240 e. The summed E-state index contributed by atoms with van der Waals surface area (Å²) in [5, 5.41) is 3.27. The number of ether oxygens (including phenoxy) is 2. The molecule has 6 nitrogen and oxygen atoms in total. The maximum atomic E-state index is 12.3. The van der Waals surface area contributed by atoms with Crippen molar-refractivity contribution in [2.45, 2.75) is 17.7 Å². The summed E-state index contributed by atoms with van der Waals surface area (Å²) in [4.78, 5) is 0.185. The van der Waals surface area contributed by atoms with Gasteiger partial charge in [0.15, 0.2) is 11.5 Å². The molecule has 0 aliphatic carbocycles. The Kier molecular flexibility index (Phi) is 5.44. The van der Waals surface area contributed by atoms with Gasteiger partial charge in [0.2, 0.25) is 10.0 Å². The van der Waals surface area contributed by atoms with Gasteiger partial charge in [-0.2, -0.15) is 0 Å². The number of benzene rings is 1. The Hall–Kier alpha value is -1.31. The minimum Gasteiger partial charge on any atom is -0.493 e. The first-order chi connectivity index (χ1) is 10.1. The lowest BCUT2D eigenvalue weighted by molar-refractivity contribution is 0.354. The van der Waals surface area contributed by atoms with Crippen LogP contribution in [0.2, 0.25) is 0 Å². The highest BCUT2D eigenvalue weighted by Crippen LogP contribution is 2.29. The summed E-state index contributed by atoms with van der Waals surface area (Å²) in [6.45, 7) is 2.44. The number of methoxy groups -OCH3 is 2. The van der Waals surface area contributed by atoms with Gasteiger partial charge in [0.05, 0.1) is 19.1 Å².